The Hall–Kier alpha value is -2.62. The van der Waals surface area contributed by atoms with Crippen LogP contribution in [0.1, 0.15) is 34.3 Å². The molecule has 166 valence electrons. The van der Waals surface area contributed by atoms with Crippen LogP contribution in [-0.4, -0.2) is 50.4 Å². The number of amides is 2. The van der Waals surface area contributed by atoms with Gasteiger partial charge in [-0.15, -0.1) is 24.0 Å². The second-order valence-electron chi connectivity index (χ2n) is 7.49. The van der Waals surface area contributed by atoms with Gasteiger partial charge in [-0.2, -0.15) is 0 Å². The summed E-state index contributed by atoms with van der Waals surface area (Å²) in [4.78, 5) is 31.5. The van der Waals surface area contributed by atoms with Gasteiger partial charge >= 0.3 is 0 Å². The summed E-state index contributed by atoms with van der Waals surface area (Å²) in [5.74, 6) is 0.888. The summed E-state index contributed by atoms with van der Waals surface area (Å²) >= 11 is 0. The van der Waals surface area contributed by atoms with E-state index in [-0.39, 0.29) is 35.8 Å². The molecule has 0 radical (unpaired) electrons. The van der Waals surface area contributed by atoms with Crippen LogP contribution in [0.15, 0.2) is 53.5 Å². The molecule has 1 aliphatic rings. The first-order chi connectivity index (χ1) is 14.5. The molecule has 0 atom stereocenters. The first kappa shape index (κ1) is 24.6. The smallest absolute Gasteiger partial charge is 0.253 e. The van der Waals surface area contributed by atoms with E-state index >= 15 is 0 Å². The lowest BCUT2D eigenvalue weighted by Gasteiger charge is -2.16. The van der Waals surface area contributed by atoms with E-state index in [2.05, 4.69) is 15.6 Å². The Labute approximate surface area is 200 Å². The van der Waals surface area contributed by atoms with Gasteiger partial charge in [-0.05, 0) is 41.8 Å². The van der Waals surface area contributed by atoms with Crippen LogP contribution in [0.25, 0.3) is 0 Å². The molecule has 0 aliphatic carbocycles. The molecule has 1 heterocycles. The third-order valence-electron chi connectivity index (χ3n) is 5.07. The highest BCUT2D eigenvalue weighted by Crippen LogP contribution is 2.21. The molecule has 7 nitrogen and oxygen atoms in total. The Morgan fingerprint density at radius 3 is 2.00 bits per heavy atom. The number of hydrogen-bond donors (Lipinski definition) is 2. The molecule has 0 bridgehead atoms. The number of carbonyl (C=O) groups excluding carboxylic acids is 2. The van der Waals surface area contributed by atoms with Crippen LogP contribution >= 0.6 is 24.0 Å². The van der Waals surface area contributed by atoms with Crippen molar-refractivity contribution in [2.24, 2.45) is 4.99 Å². The average Bonchev–Trinajstić information content (AvgIpc) is 3.20. The molecule has 1 fully saturated rings. The van der Waals surface area contributed by atoms with Crippen LogP contribution in [0.3, 0.4) is 0 Å². The number of benzene rings is 2. The number of guanidine groups is 1. The minimum atomic E-state index is -0.00731. The minimum absolute atomic E-state index is 0. The van der Waals surface area contributed by atoms with Crippen molar-refractivity contribution in [3.63, 3.8) is 0 Å². The lowest BCUT2D eigenvalue weighted by Crippen LogP contribution is -2.36. The van der Waals surface area contributed by atoms with E-state index in [1.165, 1.54) is 0 Å². The van der Waals surface area contributed by atoms with Crippen molar-refractivity contribution in [2.75, 3.05) is 32.6 Å². The lowest BCUT2D eigenvalue weighted by atomic mass is 10.1. The van der Waals surface area contributed by atoms with Gasteiger partial charge < -0.3 is 20.4 Å². The Balaban J connectivity index is 0.00000341. The van der Waals surface area contributed by atoms with Crippen LogP contribution in [0.2, 0.25) is 0 Å². The third-order valence-corrected chi connectivity index (χ3v) is 5.07. The molecule has 2 aromatic carbocycles. The van der Waals surface area contributed by atoms with Crippen LogP contribution in [0.5, 0.6) is 0 Å². The predicted molar refractivity (Wildman–Crippen MR) is 135 cm³/mol. The van der Waals surface area contributed by atoms with Gasteiger partial charge in [0.1, 0.15) is 0 Å². The summed E-state index contributed by atoms with van der Waals surface area (Å²) in [6.45, 7) is 2.04. The van der Waals surface area contributed by atoms with Gasteiger partial charge in [-0.3, -0.25) is 14.6 Å². The van der Waals surface area contributed by atoms with Gasteiger partial charge in [0.25, 0.3) is 5.91 Å². The predicted octanol–water partition coefficient (Wildman–Crippen LogP) is 3.00. The maximum absolute atomic E-state index is 12.0. The fourth-order valence-electron chi connectivity index (χ4n) is 3.33. The van der Waals surface area contributed by atoms with Gasteiger partial charge in [0.15, 0.2) is 5.96 Å². The summed E-state index contributed by atoms with van der Waals surface area (Å²) in [7, 11) is 5.22. The summed E-state index contributed by atoms with van der Waals surface area (Å²) in [5, 5.41) is 6.58. The zero-order valence-corrected chi connectivity index (χ0v) is 20.6. The van der Waals surface area contributed by atoms with Crippen molar-refractivity contribution >= 4 is 47.4 Å². The van der Waals surface area contributed by atoms with E-state index in [0.717, 1.165) is 29.8 Å². The van der Waals surface area contributed by atoms with Gasteiger partial charge in [-0.1, -0.05) is 24.3 Å². The van der Waals surface area contributed by atoms with E-state index in [4.69, 9.17) is 0 Å². The van der Waals surface area contributed by atoms with E-state index in [9.17, 15) is 9.59 Å². The molecular formula is C23H30IN5O2. The fraction of sp³-hybridized carbons (Fsp3) is 0.348. The monoisotopic (exact) mass is 535 g/mol. The molecule has 0 unspecified atom stereocenters. The number of anilines is 1. The van der Waals surface area contributed by atoms with Crippen molar-refractivity contribution in [3.8, 4) is 0 Å². The first-order valence-corrected chi connectivity index (χ1v) is 10.1. The standard InChI is InChI=1S/C23H29N5O2.HI/c1-24-23(25-15-17-6-10-19(11-7-17)22(30)27(2)3)26-16-18-8-12-20(13-9-18)28-14-4-5-21(28)29;/h6-13H,4-5,14-16H2,1-3H3,(H2,24,25,26);1H. The minimum Gasteiger partial charge on any atom is -0.352 e. The summed E-state index contributed by atoms with van der Waals surface area (Å²) in [5.41, 5.74) is 3.80. The molecule has 2 N–H and O–H groups in total. The van der Waals surface area contributed by atoms with E-state index in [0.29, 0.717) is 31.0 Å². The van der Waals surface area contributed by atoms with Gasteiger partial charge in [0, 0.05) is 58.4 Å². The normalized spacial score (nSPS) is 13.6. The van der Waals surface area contributed by atoms with Crippen molar-refractivity contribution in [2.45, 2.75) is 25.9 Å². The molecule has 1 aliphatic heterocycles. The highest BCUT2D eigenvalue weighted by Gasteiger charge is 2.21. The van der Waals surface area contributed by atoms with Gasteiger partial charge in [0.2, 0.25) is 5.91 Å². The highest BCUT2D eigenvalue weighted by atomic mass is 127. The summed E-state index contributed by atoms with van der Waals surface area (Å²) < 4.78 is 0. The molecule has 2 aromatic rings. The maximum atomic E-state index is 12.0. The molecule has 1 saturated heterocycles. The van der Waals surface area contributed by atoms with E-state index < -0.39 is 0 Å². The number of aliphatic imine (C=N–C) groups is 1. The van der Waals surface area contributed by atoms with Crippen molar-refractivity contribution < 1.29 is 9.59 Å². The van der Waals surface area contributed by atoms with E-state index in [1.807, 2.05) is 53.4 Å². The maximum Gasteiger partial charge on any atom is 0.253 e. The molecule has 0 aromatic heterocycles. The van der Waals surface area contributed by atoms with Crippen molar-refractivity contribution in [3.05, 3.63) is 65.2 Å². The number of hydrogen-bond acceptors (Lipinski definition) is 3. The second-order valence-corrected chi connectivity index (χ2v) is 7.49. The average molecular weight is 535 g/mol. The molecular weight excluding hydrogens is 505 g/mol. The zero-order chi connectivity index (χ0) is 21.5. The van der Waals surface area contributed by atoms with Crippen LogP contribution < -0.4 is 15.5 Å². The number of halogens is 1. The Kier molecular flexibility index (Phi) is 9.29. The Morgan fingerprint density at radius 1 is 1.00 bits per heavy atom. The number of carbonyl (C=O) groups is 2. The van der Waals surface area contributed by atoms with E-state index in [1.54, 1.807) is 26.0 Å². The van der Waals surface area contributed by atoms with Crippen LogP contribution in [0.4, 0.5) is 5.69 Å². The first-order valence-electron chi connectivity index (χ1n) is 10.1. The van der Waals surface area contributed by atoms with Crippen molar-refractivity contribution in [1.29, 1.82) is 0 Å². The van der Waals surface area contributed by atoms with Crippen LogP contribution in [-0.2, 0) is 17.9 Å². The number of nitrogens with one attached hydrogen (secondary N) is 2. The Morgan fingerprint density at radius 2 is 1.55 bits per heavy atom. The topological polar surface area (TPSA) is 77.0 Å². The molecule has 0 spiro atoms. The van der Waals surface area contributed by atoms with Gasteiger partial charge in [0.05, 0.1) is 0 Å². The molecule has 31 heavy (non-hydrogen) atoms. The molecule has 0 saturated carbocycles. The second kappa shape index (κ2) is 11.7. The lowest BCUT2D eigenvalue weighted by molar-refractivity contribution is -0.117. The highest BCUT2D eigenvalue weighted by molar-refractivity contribution is 14.0. The fourth-order valence-corrected chi connectivity index (χ4v) is 3.33. The molecule has 2 amide bonds. The number of rotatable bonds is 6. The number of nitrogens with zero attached hydrogens (tertiary/aromatic N) is 3. The molecule has 8 heteroatoms. The quantitative estimate of drug-likeness (QED) is 0.339. The summed E-state index contributed by atoms with van der Waals surface area (Å²) in [6.07, 6.45) is 1.57. The Bertz CT molecular complexity index is 911. The summed E-state index contributed by atoms with van der Waals surface area (Å²) in [6, 6.07) is 15.6. The van der Waals surface area contributed by atoms with Crippen LogP contribution in [0, 0.1) is 0 Å². The SMILES string of the molecule is CN=C(NCc1ccc(C(=O)N(C)C)cc1)NCc1ccc(N2CCCC2=O)cc1.I. The zero-order valence-electron chi connectivity index (χ0n) is 18.2. The third kappa shape index (κ3) is 6.68. The largest absolute Gasteiger partial charge is 0.352 e. The van der Waals surface area contributed by atoms with Crippen molar-refractivity contribution in [1.82, 2.24) is 15.5 Å². The van der Waals surface area contributed by atoms with Gasteiger partial charge in [-0.25, -0.2) is 0 Å². The molecule has 3 rings (SSSR count).